The fraction of sp³-hybridized carbons (Fsp3) is 0.0690. The lowest BCUT2D eigenvalue weighted by atomic mass is 9.99. The van der Waals surface area contributed by atoms with Gasteiger partial charge in [0.05, 0.1) is 0 Å². The molecule has 2 heteroatoms. The number of fused-ring (bicyclic) bond motifs is 4. The van der Waals surface area contributed by atoms with E-state index in [-0.39, 0.29) is 0 Å². The lowest BCUT2D eigenvalue weighted by Crippen LogP contribution is -2.30. The predicted octanol–water partition coefficient (Wildman–Crippen LogP) is 7.21. The highest BCUT2D eigenvalue weighted by Crippen LogP contribution is 2.35. The molecule has 0 spiro atoms. The summed E-state index contributed by atoms with van der Waals surface area (Å²) < 4.78 is 8.44. The van der Waals surface area contributed by atoms with Crippen LogP contribution in [0, 0.1) is 6.92 Å². The summed E-state index contributed by atoms with van der Waals surface area (Å²) in [5.41, 5.74) is 7.98. The van der Waals surface area contributed by atoms with Crippen molar-refractivity contribution in [3.05, 3.63) is 103 Å². The number of hydrogen-bond acceptors (Lipinski definition) is 1. The molecule has 0 atom stereocenters. The number of nitrogens with zero attached hydrogens (tertiary/aromatic N) is 1. The SMILES string of the molecule is Cc1ccccc1-c1cc2c(c[n+]1C)oc1cc3cc(-c4ccccc4)ccc3cc12. The standard InChI is InChI=1S/C29H22NO/c1-19-8-6-7-11-24(19)27-17-26-25-15-22-13-12-21(20-9-4-3-5-10-20)14-23(22)16-28(25)31-29(26)18-30(27)2/h3-18H,1-2H3/q+1. The summed E-state index contributed by atoms with van der Waals surface area (Å²) >= 11 is 0. The second kappa shape index (κ2) is 6.82. The summed E-state index contributed by atoms with van der Waals surface area (Å²) in [5, 5.41) is 4.72. The molecule has 0 aliphatic carbocycles. The fourth-order valence-electron chi connectivity index (χ4n) is 4.54. The van der Waals surface area contributed by atoms with Crippen molar-refractivity contribution in [1.82, 2.24) is 0 Å². The van der Waals surface area contributed by atoms with Gasteiger partial charge in [0.2, 0.25) is 11.9 Å². The van der Waals surface area contributed by atoms with E-state index >= 15 is 0 Å². The van der Waals surface area contributed by atoms with Crippen molar-refractivity contribution in [3.8, 4) is 22.4 Å². The van der Waals surface area contributed by atoms with Crippen LogP contribution in [0.15, 0.2) is 102 Å². The zero-order valence-electron chi connectivity index (χ0n) is 17.6. The van der Waals surface area contributed by atoms with Crippen LogP contribution in [0.4, 0.5) is 0 Å². The average Bonchev–Trinajstić information content (AvgIpc) is 3.13. The first-order chi connectivity index (χ1) is 15.2. The van der Waals surface area contributed by atoms with Crippen LogP contribution < -0.4 is 4.57 Å². The first-order valence-corrected chi connectivity index (χ1v) is 10.6. The molecule has 0 bridgehead atoms. The number of rotatable bonds is 2. The Balaban J connectivity index is 1.58. The number of furan rings is 1. The van der Waals surface area contributed by atoms with Crippen molar-refractivity contribution in [2.24, 2.45) is 7.05 Å². The van der Waals surface area contributed by atoms with Crippen LogP contribution in [0.5, 0.6) is 0 Å². The van der Waals surface area contributed by atoms with Crippen LogP contribution in [-0.2, 0) is 7.05 Å². The average molecular weight is 401 g/mol. The third-order valence-electron chi connectivity index (χ3n) is 6.21. The molecule has 31 heavy (non-hydrogen) atoms. The molecule has 6 rings (SSSR count). The molecular weight excluding hydrogens is 378 g/mol. The molecule has 2 aromatic heterocycles. The van der Waals surface area contributed by atoms with Crippen LogP contribution in [0.2, 0.25) is 0 Å². The lowest BCUT2D eigenvalue weighted by molar-refractivity contribution is -0.659. The van der Waals surface area contributed by atoms with Gasteiger partial charge in [-0.2, -0.15) is 4.57 Å². The van der Waals surface area contributed by atoms with Gasteiger partial charge in [-0.05, 0) is 58.7 Å². The first-order valence-electron chi connectivity index (χ1n) is 10.6. The second-order valence-corrected chi connectivity index (χ2v) is 8.24. The fourth-order valence-corrected chi connectivity index (χ4v) is 4.54. The first kappa shape index (κ1) is 17.9. The van der Waals surface area contributed by atoms with E-state index in [0.717, 1.165) is 21.9 Å². The summed E-state index contributed by atoms with van der Waals surface area (Å²) in [6.07, 6.45) is 2.09. The van der Waals surface area contributed by atoms with Gasteiger partial charge >= 0.3 is 0 Å². The minimum absolute atomic E-state index is 0.911. The maximum absolute atomic E-state index is 6.29. The Kier molecular flexibility index (Phi) is 3.94. The van der Waals surface area contributed by atoms with E-state index in [4.69, 9.17) is 4.42 Å². The summed E-state index contributed by atoms with van der Waals surface area (Å²) in [6, 6.07) is 32.4. The monoisotopic (exact) mass is 400 g/mol. The molecule has 0 unspecified atom stereocenters. The molecule has 2 heterocycles. The van der Waals surface area contributed by atoms with Gasteiger partial charge in [-0.15, -0.1) is 0 Å². The van der Waals surface area contributed by atoms with Crippen LogP contribution in [0.3, 0.4) is 0 Å². The Morgan fingerprint density at radius 3 is 2.26 bits per heavy atom. The number of hydrogen-bond donors (Lipinski definition) is 0. The van der Waals surface area contributed by atoms with Crippen LogP contribution in [0.1, 0.15) is 5.56 Å². The molecule has 6 aromatic rings. The quantitative estimate of drug-likeness (QED) is 0.281. The molecule has 0 saturated carbocycles. The van der Waals surface area contributed by atoms with Crippen molar-refractivity contribution >= 4 is 32.7 Å². The second-order valence-electron chi connectivity index (χ2n) is 8.24. The van der Waals surface area contributed by atoms with E-state index in [1.165, 1.54) is 38.7 Å². The minimum Gasteiger partial charge on any atom is -0.450 e. The van der Waals surface area contributed by atoms with Crippen molar-refractivity contribution in [2.45, 2.75) is 6.92 Å². The van der Waals surface area contributed by atoms with Gasteiger partial charge < -0.3 is 4.42 Å². The Bertz CT molecular complexity index is 1590. The van der Waals surface area contributed by atoms with E-state index in [0.29, 0.717) is 0 Å². The van der Waals surface area contributed by atoms with Crippen molar-refractivity contribution in [2.75, 3.05) is 0 Å². The van der Waals surface area contributed by atoms with E-state index in [1.807, 2.05) is 6.07 Å². The van der Waals surface area contributed by atoms with Gasteiger partial charge in [0.1, 0.15) is 12.6 Å². The highest BCUT2D eigenvalue weighted by molar-refractivity contribution is 6.10. The van der Waals surface area contributed by atoms with E-state index < -0.39 is 0 Å². The van der Waals surface area contributed by atoms with Gasteiger partial charge in [-0.1, -0.05) is 60.7 Å². The molecule has 0 aliphatic rings. The number of aromatic nitrogens is 1. The van der Waals surface area contributed by atoms with Gasteiger partial charge in [0.15, 0.2) is 5.58 Å². The Labute approximate surface area is 181 Å². The van der Waals surface area contributed by atoms with Gasteiger partial charge in [0, 0.05) is 22.4 Å². The van der Waals surface area contributed by atoms with Crippen LogP contribution in [-0.4, -0.2) is 0 Å². The summed E-state index contributed by atoms with van der Waals surface area (Å²) in [6.45, 7) is 2.16. The molecule has 0 amide bonds. The maximum Gasteiger partial charge on any atom is 0.213 e. The maximum atomic E-state index is 6.29. The summed E-state index contributed by atoms with van der Waals surface area (Å²) in [7, 11) is 2.08. The Morgan fingerprint density at radius 2 is 1.42 bits per heavy atom. The number of aryl methyl sites for hydroxylation is 2. The van der Waals surface area contributed by atoms with Gasteiger partial charge in [-0.3, -0.25) is 0 Å². The topological polar surface area (TPSA) is 17.0 Å². The predicted molar refractivity (Wildman–Crippen MR) is 128 cm³/mol. The molecule has 0 saturated heterocycles. The zero-order chi connectivity index (χ0) is 20.9. The molecule has 2 nitrogen and oxygen atoms in total. The minimum atomic E-state index is 0.911. The van der Waals surface area contributed by atoms with E-state index in [1.54, 1.807) is 0 Å². The van der Waals surface area contributed by atoms with Crippen molar-refractivity contribution < 1.29 is 8.98 Å². The summed E-state index contributed by atoms with van der Waals surface area (Å²) in [4.78, 5) is 0. The van der Waals surface area contributed by atoms with Gasteiger partial charge in [-0.25, -0.2) is 0 Å². The Hall–Kier alpha value is -3.91. The molecule has 0 N–H and O–H groups in total. The number of pyridine rings is 1. The van der Waals surface area contributed by atoms with Gasteiger partial charge in [0.25, 0.3) is 0 Å². The zero-order valence-corrected chi connectivity index (χ0v) is 17.6. The lowest BCUT2D eigenvalue weighted by Gasteiger charge is -2.05. The molecule has 4 aromatic carbocycles. The van der Waals surface area contributed by atoms with Crippen LogP contribution >= 0.6 is 0 Å². The van der Waals surface area contributed by atoms with Crippen molar-refractivity contribution in [1.29, 1.82) is 0 Å². The molecule has 148 valence electrons. The highest BCUT2D eigenvalue weighted by atomic mass is 16.3. The smallest absolute Gasteiger partial charge is 0.213 e. The van der Waals surface area contributed by atoms with Crippen LogP contribution in [0.25, 0.3) is 55.1 Å². The normalized spacial score (nSPS) is 11.5. The third-order valence-corrected chi connectivity index (χ3v) is 6.21. The van der Waals surface area contributed by atoms with Crippen molar-refractivity contribution in [3.63, 3.8) is 0 Å². The molecular formula is C29H22NO+. The Morgan fingerprint density at radius 1 is 0.645 bits per heavy atom. The van der Waals surface area contributed by atoms with E-state index in [9.17, 15) is 0 Å². The highest BCUT2D eigenvalue weighted by Gasteiger charge is 2.18. The summed E-state index contributed by atoms with van der Waals surface area (Å²) in [5.74, 6) is 0. The molecule has 0 radical (unpaired) electrons. The van der Waals surface area contributed by atoms with E-state index in [2.05, 4.69) is 110 Å². The third kappa shape index (κ3) is 2.91. The number of benzene rings is 4. The largest absolute Gasteiger partial charge is 0.450 e. The molecule has 0 fully saturated rings. The molecule has 0 aliphatic heterocycles.